The van der Waals surface area contributed by atoms with Crippen LogP contribution >= 0.6 is 15.9 Å². The summed E-state index contributed by atoms with van der Waals surface area (Å²) in [5, 5.41) is 16.0. The number of aliphatic hydroxyl groups excluding tert-OH is 1. The number of halogens is 1. The first-order valence-electron chi connectivity index (χ1n) is 6.74. The zero-order valence-electron chi connectivity index (χ0n) is 11.3. The lowest BCUT2D eigenvalue weighted by atomic mass is 10.0. The van der Waals surface area contributed by atoms with Crippen LogP contribution in [0.5, 0.6) is 0 Å². The summed E-state index contributed by atoms with van der Waals surface area (Å²) in [6.07, 6.45) is 2.08. The van der Waals surface area contributed by atoms with Crippen LogP contribution in [0, 0.1) is 0 Å². The van der Waals surface area contributed by atoms with Crippen LogP contribution in [0.1, 0.15) is 24.1 Å². The van der Waals surface area contributed by atoms with E-state index in [0.717, 1.165) is 22.9 Å². The maximum Gasteiger partial charge on any atom is 0.231 e. The molecule has 0 bridgehead atoms. The first-order valence-corrected chi connectivity index (χ1v) is 7.53. The molecule has 0 atom stereocenters. The van der Waals surface area contributed by atoms with Crippen molar-refractivity contribution in [3.05, 3.63) is 46.1 Å². The number of benzene rings is 1. The van der Waals surface area contributed by atoms with E-state index in [-0.39, 0.29) is 24.3 Å². The highest BCUT2D eigenvalue weighted by atomic mass is 79.9. The van der Waals surface area contributed by atoms with Crippen molar-refractivity contribution in [3.8, 4) is 0 Å². The molecule has 1 fully saturated rings. The second-order valence-corrected chi connectivity index (χ2v) is 6.28. The summed E-state index contributed by atoms with van der Waals surface area (Å²) in [5.74, 6) is 0.167. The standard InChI is InChI=1S/C15H15BrN2O3/c16-11-3-1-10(2-4-11)7-13(20)17-14-8-12(18-21-14)15(9-19)5-6-15/h1-4,8,19H,5-7,9H2,(H,17,20). The van der Waals surface area contributed by atoms with Crippen molar-refractivity contribution in [3.63, 3.8) is 0 Å². The molecule has 0 saturated heterocycles. The number of hydrogen-bond acceptors (Lipinski definition) is 4. The minimum atomic E-state index is -0.252. The predicted molar refractivity (Wildman–Crippen MR) is 81.0 cm³/mol. The van der Waals surface area contributed by atoms with E-state index in [1.54, 1.807) is 6.07 Å². The molecule has 1 amide bonds. The van der Waals surface area contributed by atoms with Crippen LogP contribution < -0.4 is 5.32 Å². The molecule has 1 aliphatic rings. The summed E-state index contributed by atoms with van der Waals surface area (Å²) in [4.78, 5) is 12.0. The van der Waals surface area contributed by atoms with Crippen molar-refractivity contribution in [1.82, 2.24) is 5.16 Å². The van der Waals surface area contributed by atoms with Gasteiger partial charge in [0, 0.05) is 16.0 Å². The van der Waals surface area contributed by atoms with Crippen molar-refractivity contribution in [2.24, 2.45) is 0 Å². The second-order valence-electron chi connectivity index (χ2n) is 5.37. The Bertz CT molecular complexity index is 647. The van der Waals surface area contributed by atoms with Gasteiger partial charge in [-0.3, -0.25) is 10.1 Å². The Labute approximate surface area is 130 Å². The summed E-state index contributed by atoms with van der Waals surface area (Å²) in [6, 6.07) is 9.27. The van der Waals surface area contributed by atoms with Crippen molar-refractivity contribution < 1.29 is 14.4 Å². The zero-order valence-corrected chi connectivity index (χ0v) is 12.9. The topological polar surface area (TPSA) is 75.4 Å². The van der Waals surface area contributed by atoms with E-state index in [2.05, 4.69) is 26.4 Å². The predicted octanol–water partition coefficient (Wildman–Crippen LogP) is 2.64. The molecule has 1 aromatic heterocycles. The lowest BCUT2D eigenvalue weighted by Gasteiger charge is -2.04. The van der Waals surface area contributed by atoms with Gasteiger partial charge in [-0.05, 0) is 30.5 Å². The second kappa shape index (κ2) is 5.61. The van der Waals surface area contributed by atoms with E-state index >= 15 is 0 Å². The SMILES string of the molecule is O=C(Cc1ccc(Br)cc1)Nc1cc(C2(CO)CC2)no1. The van der Waals surface area contributed by atoms with Crippen LogP contribution in [0.25, 0.3) is 0 Å². The third-order valence-corrected chi connectivity index (χ3v) is 4.28. The van der Waals surface area contributed by atoms with Gasteiger partial charge in [0.1, 0.15) is 0 Å². The van der Waals surface area contributed by atoms with E-state index in [1.165, 1.54) is 0 Å². The molecule has 0 spiro atoms. The number of amides is 1. The fourth-order valence-corrected chi connectivity index (χ4v) is 2.46. The number of aromatic nitrogens is 1. The minimum Gasteiger partial charge on any atom is -0.395 e. The number of nitrogens with one attached hydrogen (secondary N) is 1. The number of carbonyl (C=O) groups is 1. The van der Waals surface area contributed by atoms with Gasteiger partial charge in [0.05, 0.1) is 18.7 Å². The smallest absolute Gasteiger partial charge is 0.231 e. The molecule has 110 valence electrons. The van der Waals surface area contributed by atoms with Crippen LogP contribution in [0.15, 0.2) is 39.3 Å². The lowest BCUT2D eigenvalue weighted by Crippen LogP contribution is -2.14. The van der Waals surface area contributed by atoms with Crippen LogP contribution in [0.2, 0.25) is 0 Å². The first kappa shape index (κ1) is 14.3. The zero-order chi connectivity index (χ0) is 14.9. The Balaban J connectivity index is 1.61. The Morgan fingerprint density at radius 2 is 2.10 bits per heavy atom. The summed E-state index contributed by atoms with van der Waals surface area (Å²) >= 11 is 3.36. The van der Waals surface area contributed by atoms with Crippen molar-refractivity contribution >= 4 is 27.7 Å². The molecule has 1 aromatic carbocycles. The molecule has 1 heterocycles. The van der Waals surface area contributed by atoms with Crippen molar-refractivity contribution in [2.45, 2.75) is 24.7 Å². The van der Waals surface area contributed by atoms with Crippen LogP contribution in [0.4, 0.5) is 5.88 Å². The quantitative estimate of drug-likeness (QED) is 0.869. The third-order valence-electron chi connectivity index (χ3n) is 3.75. The average Bonchev–Trinajstić information content (AvgIpc) is 3.14. The van der Waals surface area contributed by atoms with Crippen molar-refractivity contribution in [2.75, 3.05) is 11.9 Å². The van der Waals surface area contributed by atoms with Gasteiger partial charge >= 0.3 is 0 Å². The normalized spacial score (nSPS) is 15.7. The molecule has 0 unspecified atom stereocenters. The van der Waals surface area contributed by atoms with Gasteiger partial charge in [0.15, 0.2) is 0 Å². The Morgan fingerprint density at radius 3 is 2.71 bits per heavy atom. The fraction of sp³-hybridized carbons (Fsp3) is 0.333. The van der Waals surface area contributed by atoms with Gasteiger partial charge in [0.25, 0.3) is 0 Å². The van der Waals surface area contributed by atoms with E-state index < -0.39 is 0 Å². The summed E-state index contributed by atoms with van der Waals surface area (Å²) in [5.41, 5.74) is 1.38. The van der Waals surface area contributed by atoms with Crippen LogP contribution in [-0.4, -0.2) is 22.8 Å². The number of aliphatic hydroxyl groups is 1. The summed E-state index contributed by atoms with van der Waals surface area (Å²) < 4.78 is 6.10. The molecular formula is C15H15BrN2O3. The van der Waals surface area contributed by atoms with Gasteiger partial charge in [-0.15, -0.1) is 0 Å². The van der Waals surface area contributed by atoms with Gasteiger partial charge in [0.2, 0.25) is 11.8 Å². The molecular weight excluding hydrogens is 336 g/mol. The van der Waals surface area contributed by atoms with Crippen molar-refractivity contribution in [1.29, 1.82) is 0 Å². The fourth-order valence-electron chi connectivity index (χ4n) is 2.20. The average molecular weight is 351 g/mol. The number of carbonyl (C=O) groups excluding carboxylic acids is 1. The molecule has 5 nitrogen and oxygen atoms in total. The maximum absolute atomic E-state index is 12.0. The lowest BCUT2D eigenvalue weighted by molar-refractivity contribution is -0.115. The van der Waals surface area contributed by atoms with E-state index in [1.807, 2.05) is 24.3 Å². The van der Waals surface area contributed by atoms with Gasteiger partial charge in [-0.2, -0.15) is 0 Å². The Hall–Kier alpha value is -1.66. The van der Waals surface area contributed by atoms with Gasteiger partial charge in [-0.25, -0.2) is 0 Å². The number of rotatable bonds is 5. The highest BCUT2D eigenvalue weighted by molar-refractivity contribution is 9.10. The molecule has 21 heavy (non-hydrogen) atoms. The van der Waals surface area contributed by atoms with Gasteiger partial charge < -0.3 is 9.63 Å². The highest BCUT2D eigenvalue weighted by Crippen LogP contribution is 2.47. The number of anilines is 1. The molecule has 0 aliphatic heterocycles. The van der Waals surface area contributed by atoms with Gasteiger partial charge in [-0.1, -0.05) is 33.2 Å². The largest absolute Gasteiger partial charge is 0.395 e. The Kier molecular flexibility index (Phi) is 3.82. The highest BCUT2D eigenvalue weighted by Gasteiger charge is 2.46. The monoisotopic (exact) mass is 350 g/mol. The molecule has 1 saturated carbocycles. The van der Waals surface area contributed by atoms with Crippen LogP contribution in [-0.2, 0) is 16.6 Å². The first-order chi connectivity index (χ1) is 10.1. The molecule has 0 radical (unpaired) electrons. The molecule has 2 N–H and O–H groups in total. The van der Waals surface area contributed by atoms with E-state index in [0.29, 0.717) is 11.6 Å². The maximum atomic E-state index is 12.0. The summed E-state index contributed by atoms with van der Waals surface area (Å²) in [6.45, 7) is 0.0613. The van der Waals surface area contributed by atoms with E-state index in [4.69, 9.17) is 4.52 Å². The minimum absolute atomic E-state index is 0.0613. The molecule has 6 heteroatoms. The van der Waals surface area contributed by atoms with E-state index in [9.17, 15) is 9.90 Å². The molecule has 3 rings (SSSR count). The molecule has 2 aromatic rings. The number of hydrogen-bond donors (Lipinski definition) is 2. The molecule has 1 aliphatic carbocycles. The number of nitrogens with zero attached hydrogens (tertiary/aromatic N) is 1. The third kappa shape index (κ3) is 3.16. The van der Waals surface area contributed by atoms with Crippen LogP contribution in [0.3, 0.4) is 0 Å². The Morgan fingerprint density at radius 1 is 1.38 bits per heavy atom. The summed E-state index contributed by atoms with van der Waals surface area (Å²) in [7, 11) is 0.